The van der Waals surface area contributed by atoms with Crippen LogP contribution in [-0.4, -0.2) is 36.7 Å². The first kappa shape index (κ1) is 20.0. The van der Waals surface area contributed by atoms with Crippen LogP contribution >= 0.6 is 0 Å². The van der Waals surface area contributed by atoms with E-state index in [1.165, 1.54) is 4.57 Å². The molecule has 0 spiro atoms. The fourth-order valence-electron chi connectivity index (χ4n) is 4.16. The number of ether oxygens (including phenoxy) is 1. The molecule has 0 atom stereocenters. The second-order valence-corrected chi connectivity index (χ2v) is 7.75. The van der Waals surface area contributed by atoms with Crippen LogP contribution in [0.5, 0.6) is 5.88 Å². The Morgan fingerprint density at radius 3 is 2.88 bits per heavy atom. The van der Waals surface area contributed by atoms with Crippen LogP contribution in [0.25, 0.3) is 11.1 Å². The van der Waals surface area contributed by atoms with Gasteiger partial charge in [-0.15, -0.1) is 0 Å². The molecule has 9 heteroatoms. The molecule has 1 aromatic carbocycles. The Morgan fingerprint density at radius 1 is 1.19 bits per heavy atom. The molecule has 0 N–H and O–H groups in total. The monoisotopic (exact) mass is 433 g/mol. The van der Waals surface area contributed by atoms with Gasteiger partial charge in [0.25, 0.3) is 0 Å². The van der Waals surface area contributed by atoms with Crippen molar-refractivity contribution in [3.8, 4) is 5.88 Å². The topological polar surface area (TPSA) is 95.4 Å². The van der Waals surface area contributed by atoms with Gasteiger partial charge >= 0.3 is 5.76 Å². The minimum absolute atomic E-state index is 0.00622. The van der Waals surface area contributed by atoms with Crippen LogP contribution in [0.2, 0.25) is 0 Å². The summed E-state index contributed by atoms with van der Waals surface area (Å²) in [7, 11) is 1.91. The maximum absolute atomic E-state index is 13.0. The van der Waals surface area contributed by atoms with Gasteiger partial charge < -0.3 is 14.1 Å². The van der Waals surface area contributed by atoms with Crippen molar-refractivity contribution in [2.24, 2.45) is 7.05 Å². The highest BCUT2D eigenvalue weighted by atomic mass is 16.5. The summed E-state index contributed by atoms with van der Waals surface area (Å²) in [4.78, 5) is 31.1. The van der Waals surface area contributed by atoms with Crippen LogP contribution in [0.3, 0.4) is 0 Å². The Hall–Kier alpha value is -3.88. The normalized spacial score (nSPS) is 13.3. The average Bonchev–Trinajstić information content (AvgIpc) is 3.31. The molecule has 0 aliphatic carbocycles. The molecular weight excluding hydrogens is 410 g/mol. The number of oxazole rings is 1. The number of fused-ring (bicyclic) bond motifs is 2. The summed E-state index contributed by atoms with van der Waals surface area (Å²) in [6, 6.07) is 12.7. The van der Waals surface area contributed by atoms with Crippen molar-refractivity contribution in [2.45, 2.75) is 32.5 Å². The Balaban J connectivity index is 1.27. The van der Waals surface area contributed by atoms with E-state index in [9.17, 15) is 9.59 Å². The van der Waals surface area contributed by atoms with Gasteiger partial charge in [-0.2, -0.15) is 5.10 Å². The zero-order valence-electron chi connectivity index (χ0n) is 17.7. The first-order valence-corrected chi connectivity index (χ1v) is 10.5. The Labute approximate surface area is 183 Å². The molecule has 5 rings (SSSR count). The van der Waals surface area contributed by atoms with E-state index >= 15 is 0 Å². The van der Waals surface area contributed by atoms with Crippen molar-refractivity contribution < 1.29 is 13.9 Å². The van der Waals surface area contributed by atoms with Gasteiger partial charge in [0.1, 0.15) is 12.3 Å². The van der Waals surface area contributed by atoms with E-state index in [0.717, 1.165) is 23.4 Å². The summed E-state index contributed by atoms with van der Waals surface area (Å²) in [5.41, 5.74) is 4.18. The molecule has 0 fully saturated rings. The smallest absolute Gasteiger partial charge is 0.419 e. The standard InChI is InChI=1S/C23H23N5O4/c1-26-18-9-12-27(14-16(18)17(25-26)15-31-21-8-4-5-11-24-21)22(29)10-13-28-19-6-2-3-7-20(19)32-23(28)30/h2-8,11H,9-10,12-15H2,1H3. The summed E-state index contributed by atoms with van der Waals surface area (Å²) in [6.07, 6.45) is 2.62. The second kappa shape index (κ2) is 8.33. The quantitative estimate of drug-likeness (QED) is 0.463. The molecular formula is C23H23N5O4. The van der Waals surface area contributed by atoms with Gasteiger partial charge in [-0.3, -0.25) is 14.0 Å². The van der Waals surface area contributed by atoms with Crippen LogP contribution in [0, 0.1) is 0 Å². The molecule has 32 heavy (non-hydrogen) atoms. The van der Waals surface area contributed by atoms with E-state index < -0.39 is 5.76 Å². The Kier molecular flexibility index (Phi) is 5.22. The lowest BCUT2D eigenvalue weighted by atomic mass is 10.0. The van der Waals surface area contributed by atoms with Gasteiger partial charge in [0.2, 0.25) is 11.8 Å². The minimum Gasteiger partial charge on any atom is -0.471 e. The van der Waals surface area contributed by atoms with Gasteiger partial charge in [0.05, 0.1) is 5.52 Å². The predicted molar refractivity (Wildman–Crippen MR) is 116 cm³/mol. The van der Waals surface area contributed by atoms with E-state index in [2.05, 4.69) is 10.1 Å². The largest absolute Gasteiger partial charge is 0.471 e. The first-order valence-electron chi connectivity index (χ1n) is 10.5. The number of hydrogen-bond donors (Lipinski definition) is 0. The lowest BCUT2D eigenvalue weighted by Gasteiger charge is -2.28. The second-order valence-electron chi connectivity index (χ2n) is 7.75. The SMILES string of the molecule is Cn1nc(COc2ccccn2)c2c1CCN(C(=O)CCn1c(=O)oc3ccccc31)C2. The van der Waals surface area contributed by atoms with Crippen LogP contribution in [-0.2, 0) is 38.0 Å². The van der Waals surface area contributed by atoms with Gasteiger partial charge in [-0.25, -0.2) is 9.78 Å². The number of nitrogens with zero attached hydrogens (tertiary/aromatic N) is 5. The number of para-hydroxylation sites is 2. The first-order chi connectivity index (χ1) is 15.6. The van der Waals surface area contributed by atoms with Crippen molar-refractivity contribution in [3.05, 3.63) is 76.2 Å². The predicted octanol–water partition coefficient (Wildman–Crippen LogP) is 2.28. The zero-order valence-corrected chi connectivity index (χ0v) is 17.7. The minimum atomic E-state index is -0.443. The molecule has 9 nitrogen and oxygen atoms in total. The molecule has 0 saturated carbocycles. The molecule has 0 radical (unpaired) electrons. The number of aromatic nitrogens is 4. The van der Waals surface area contributed by atoms with E-state index in [1.807, 2.05) is 47.0 Å². The summed E-state index contributed by atoms with van der Waals surface area (Å²) in [5, 5.41) is 4.60. The van der Waals surface area contributed by atoms with E-state index in [-0.39, 0.29) is 18.9 Å². The molecule has 4 heterocycles. The highest BCUT2D eigenvalue weighted by Crippen LogP contribution is 2.24. The molecule has 0 unspecified atom stereocenters. The number of carbonyl (C=O) groups excluding carboxylic acids is 1. The lowest BCUT2D eigenvalue weighted by Crippen LogP contribution is -2.37. The van der Waals surface area contributed by atoms with Gasteiger partial charge in [0.15, 0.2) is 5.58 Å². The highest BCUT2D eigenvalue weighted by molar-refractivity contribution is 5.77. The number of benzene rings is 1. The molecule has 1 amide bonds. The third kappa shape index (κ3) is 3.77. The Bertz CT molecular complexity index is 1320. The molecule has 0 saturated heterocycles. The maximum atomic E-state index is 13.0. The van der Waals surface area contributed by atoms with Crippen LogP contribution in [0.4, 0.5) is 0 Å². The molecule has 4 aromatic rings. The fourth-order valence-corrected chi connectivity index (χ4v) is 4.16. The van der Waals surface area contributed by atoms with Crippen LogP contribution < -0.4 is 10.5 Å². The van der Waals surface area contributed by atoms with Gasteiger partial charge in [-0.05, 0) is 18.2 Å². The molecule has 0 bridgehead atoms. The van der Waals surface area contributed by atoms with Gasteiger partial charge in [0, 0.05) is 63.0 Å². The van der Waals surface area contributed by atoms with Crippen molar-refractivity contribution >= 4 is 17.0 Å². The van der Waals surface area contributed by atoms with Crippen LogP contribution in [0.1, 0.15) is 23.4 Å². The van der Waals surface area contributed by atoms with E-state index in [4.69, 9.17) is 9.15 Å². The zero-order chi connectivity index (χ0) is 22.1. The summed E-state index contributed by atoms with van der Waals surface area (Å²) in [6.45, 7) is 1.66. The number of pyridine rings is 1. The molecule has 3 aromatic heterocycles. The maximum Gasteiger partial charge on any atom is 0.419 e. The van der Waals surface area contributed by atoms with Crippen molar-refractivity contribution in [1.82, 2.24) is 24.2 Å². The van der Waals surface area contributed by atoms with Crippen molar-refractivity contribution in [1.29, 1.82) is 0 Å². The highest BCUT2D eigenvalue weighted by Gasteiger charge is 2.27. The summed E-state index contributed by atoms with van der Waals surface area (Å²) >= 11 is 0. The number of carbonyl (C=O) groups is 1. The lowest BCUT2D eigenvalue weighted by molar-refractivity contribution is -0.132. The van der Waals surface area contributed by atoms with Crippen molar-refractivity contribution in [2.75, 3.05) is 6.54 Å². The molecule has 1 aliphatic heterocycles. The van der Waals surface area contributed by atoms with E-state index in [0.29, 0.717) is 36.7 Å². The molecule has 1 aliphatic rings. The average molecular weight is 433 g/mol. The van der Waals surface area contributed by atoms with E-state index in [1.54, 1.807) is 18.3 Å². The third-order valence-electron chi connectivity index (χ3n) is 5.80. The van der Waals surface area contributed by atoms with Crippen LogP contribution in [0.15, 0.2) is 57.9 Å². The van der Waals surface area contributed by atoms with Gasteiger partial charge in [-0.1, -0.05) is 18.2 Å². The molecule has 164 valence electrons. The number of rotatable bonds is 6. The van der Waals surface area contributed by atoms with Crippen molar-refractivity contribution in [3.63, 3.8) is 0 Å². The Morgan fingerprint density at radius 2 is 2.03 bits per heavy atom. The fraction of sp³-hybridized carbons (Fsp3) is 0.304. The summed E-state index contributed by atoms with van der Waals surface area (Å²) in [5.74, 6) is 0.0860. The third-order valence-corrected chi connectivity index (χ3v) is 5.80. The number of aryl methyl sites for hydroxylation is 2. The summed E-state index contributed by atoms with van der Waals surface area (Å²) < 4.78 is 14.4. The number of amides is 1. The number of hydrogen-bond acceptors (Lipinski definition) is 6.